The minimum Gasteiger partial charge on any atom is -0.373 e. The van der Waals surface area contributed by atoms with Gasteiger partial charge in [0.1, 0.15) is 0 Å². The van der Waals surface area contributed by atoms with Crippen LogP contribution in [-0.4, -0.2) is 38.1 Å². The van der Waals surface area contributed by atoms with Gasteiger partial charge in [0.05, 0.1) is 38.1 Å². The summed E-state index contributed by atoms with van der Waals surface area (Å²) in [6.07, 6.45) is 6.58. The zero-order chi connectivity index (χ0) is 22.0. The second-order valence-corrected chi connectivity index (χ2v) is 9.87. The standard InChI is InChI=1S/C30H32O3/c1-3-22(15-27-18-31-27)4-2-21(1)9-14-30(25-10-5-23(6-11-25)16-28-19-32-28)26-12-7-24(8-13-26)17-29-20-33-29/h1-8,10-13,27-30H,9,14-20H2. The Morgan fingerprint density at radius 1 is 0.515 bits per heavy atom. The lowest BCUT2D eigenvalue weighted by Crippen LogP contribution is -2.05. The first-order valence-corrected chi connectivity index (χ1v) is 12.4. The molecule has 3 nitrogen and oxygen atoms in total. The Labute approximate surface area is 196 Å². The molecule has 6 rings (SSSR count). The van der Waals surface area contributed by atoms with E-state index in [-0.39, 0.29) is 0 Å². The summed E-state index contributed by atoms with van der Waals surface area (Å²) in [5.41, 5.74) is 8.33. The van der Waals surface area contributed by atoms with Gasteiger partial charge in [-0.25, -0.2) is 0 Å². The molecule has 170 valence electrons. The van der Waals surface area contributed by atoms with Gasteiger partial charge in [0.2, 0.25) is 0 Å². The summed E-state index contributed by atoms with van der Waals surface area (Å²) in [7, 11) is 0. The Morgan fingerprint density at radius 2 is 0.848 bits per heavy atom. The molecule has 0 radical (unpaired) electrons. The number of benzene rings is 3. The molecule has 3 heteroatoms. The normalized spacial score (nSPS) is 23.8. The van der Waals surface area contributed by atoms with Crippen molar-refractivity contribution < 1.29 is 14.2 Å². The van der Waals surface area contributed by atoms with Crippen molar-refractivity contribution >= 4 is 0 Å². The molecule has 0 amide bonds. The Kier molecular flexibility index (Phi) is 6.02. The number of epoxide rings is 3. The lowest BCUT2D eigenvalue weighted by Gasteiger charge is -2.19. The van der Waals surface area contributed by atoms with Crippen LogP contribution in [0, 0.1) is 0 Å². The van der Waals surface area contributed by atoms with Gasteiger partial charge in [-0.3, -0.25) is 0 Å². The van der Waals surface area contributed by atoms with Crippen LogP contribution < -0.4 is 0 Å². The molecule has 0 saturated carbocycles. The van der Waals surface area contributed by atoms with Gasteiger partial charge < -0.3 is 14.2 Å². The summed E-state index contributed by atoms with van der Waals surface area (Å²) in [6.45, 7) is 2.74. The molecular weight excluding hydrogens is 408 g/mol. The largest absolute Gasteiger partial charge is 0.373 e. The average molecular weight is 441 g/mol. The van der Waals surface area contributed by atoms with Crippen molar-refractivity contribution in [2.45, 2.75) is 56.3 Å². The summed E-state index contributed by atoms with van der Waals surface area (Å²) in [6, 6.07) is 27.6. The van der Waals surface area contributed by atoms with Crippen LogP contribution in [0.15, 0.2) is 72.8 Å². The van der Waals surface area contributed by atoms with Gasteiger partial charge in [-0.2, -0.15) is 0 Å². The zero-order valence-corrected chi connectivity index (χ0v) is 19.1. The van der Waals surface area contributed by atoms with E-state index in [0.29, 0.717) is 24.2 Å². The molecule has 3 aromatic carbocycles. The molecule has 3 saturated heterocycles. The van der Waals surface area contributed by atoms with Gasteiger partial charge in [0.25, 0.3) is 0 Å². The molecule has 3 fully saturated rings. The highest BCUT2D eigenvalue weighted by Gasteiger charge is 2.24. The van der Waals surface area contributed by atoms with Gasteiger partial charge in [-0.05, 0) is 46.2 Å². The summed E-state index contributed by atoms with van der Waals surface area (Å²) in [5.74, 6) is 0.391. The molecule has 0 aromatic heterocycles. The van der Waals surface area contributed by atoms with Crippen LogP contribution in [0.2, 0.25) is 0 Å². The van der Waals surface area contributed by atoms with E-state index in [4.69, 9.17) is 14.2 Å². The van der Waals surface area contributed by atoms with Crippen molar-refractivity contribution in [1.29, 1.82) is 0 Å². The highest BCUT2D eigenvalue weighted by molar-refractivity contribution is 5.37. The van der Waals surface area contributed by atoms with Gasteiger partial charge in [-0.1, -0.05) is 72.8 Å². The van der Waals surface area contributed by atoms with E-state index in [9.17, 15) is 0 Å². The van der Waals surface area contributed by atoms with E-state index in [1.54, 1.807) is 0 Å². The predicted octanol–water partition coefficient (Wildman–Crippen LogP) is 5.28. The SMILES string of the molecule is c1cc(CC2CO2)ccc1CCC(c1ccc(CC2CO2)cc1)c1ccc(CC2CO2)cc1. The maximum Gasteiger partial charge on any atom is 0.0850 e. The van der Waals surface area contributed by atoms with Crippen molar-refractivity contribution in [2.75, 3.05) is 19.8 Å². The van der Waals surface area contributed by atoms with Gasteiger partial charge in [0.15, 0.2) is 0 Å². The Morgan fingerprint density at radius 3 is 1.21 bits per heavy atom. The molecule has 33 heavy (non-hydrogen) atoms. The molecular formula is C30H32O3. The lowest BCUT2D eigenvalue weighted by molar-refractivity contribution is 0.407. The van der Waals surface area contributed by atoms with Crippen LogP contribution in [0.4, 0.5) is 0 Å². The first-order valence-electron chi connectivity index (χ1n) is 12.4. The van der Waals surface area contributed by atoms with Crippen molar-refractivity contribution in [1.82, 2.24) is 0 Å². The first-order chi connectivity index (χ1) is 16.3. The summed E-state index contributed by atoms with van der Waals surface area (Å²) in [5, 5.41) is 0. The third kappa shape index (κ3) is 5.92. The third-order valence-electron chi connectivity index (χ3n) is 7.11. The van der Waals surface area contributed by atoms with Gasteiger partial charge in [0, 0.05) is 25.2 Å². The fourth-order valence-electron chi connectivity index (χ4n) is 4.80. The van der Waals surface area contributed by atoms with E-state index < -0.39 is 0 Å². The molecule has 0 N–H and O–H groups in total. The Bertz CT molecular complexity index is 986. The topological polar surface area (TPSA) is 37.6 Å². The van der Waals surface area contributed by atoms with Crippen molar-refractivity contribution in [3.63, 3.8) is 0 Å². The van der Waals surface area contributed by atoms with E-state index in [0.717, 1.165) is 51.9 Å². The number of hydrogen-bond acceptors (Lipinski definition) is 3. The van der Waals surface area contributed by atoms with Crippen molar-refractivity contribution in [3.05, 3.63) is 106 Å². The van der Waals surface area contributed by atoms with Crippen LogP contribution in [0.3, 0.4) is 0 Å². The molecule has 0 aliphatic carbocycles. The van der Waals surface area contributed by atoms with E-state index >= 15 is 0 Å². The quantitative estimate of drug-likeness (QED) is 0.381. The maximum absolute atomic E-state index is 5.41. The second kappa shape index (κ2) is 9.42. The number of ether oxygens (including phenoxy) is 3. The van der Waals surface area contributed by atoms with E-state index in [1.165, 1.54) is 33.4 Å². The molecule has 3 aliphatic heterocycles. The summed E-state index contributed by atoms with van der Waals surface area (Å²) in [4.78, 5) is 0. The smallest absolute Gasteiger partial charge is 0.0850 e. The van der Waals surface area contributed by atoms with Crippen LogP contribution in [-0.2, 0) is 39.9 Å². The van der Waals surface area contributed by atoms with Gasteiger partial charge in [-0.15, -0.1) is 0 Å². The third-order valence-corrected chi connectivity index (χ3v) is 7.11. The fourth-order valence-corrected chi connectivity index (χ4v) is 4.80. The van der Waals surface area contributed by atoms with Crippen LogP contribution >= 0.6 is 0 Å². The number of rotatable bonds is 11. The Balaban J connectivity index is 1.17. The van der Waals surface area contributed by atoms with Crippen molar-refractivity contribution in [3.8, 4) is 0 Å². The second-order valence-electron chi connectivity index (χ2n) is 9.87. The van der Waals surface area contributed by atoms with Gasteiger partial charge >= 0.3 is 0 Å². The van der Waals surface area contributed by atoms with Crippen LogP contribution in [0.5, 0.6) is 0 Å². The monoisotopic (exact) mass is 440 g/mol. The predicted molar refractivity (Wildman–Crippen MR) is 130 cm³/mol. The maximum atomic E-state index is 5.41. The summed E-state index contributed by atoms with van der Waals surface area (Å²) >= 11 is 0. The van der Waals surface area contributed by atoms with E-state index in [1.807, 2.05) is 0 Å². The number of aryl methyl sites for hydroxylation is 1. The van der Waals surface area contributed by atoms with Crippen LogP contribution in [0.25, 0.3) is 0 Å². The number of hydrogen-bond donors (Lipinski definition) is 0. The lowest BCUT2D eigenvalue weighted by atomic mass is 9.85. The Hall–Kier alpha value is -2.46. The molecule has 0 bridgehead atoms. The summed E-state index contributed by atoms with van der Waals surface area (Å²) < 4.78 is 16.2. The molecule has 3 atom stereocenters. The van der Waals surface area contributed by atoms with Crippen molar-refractivity contribution in [2.24, 2.45) is 0 Å². The van der Waals surface area contributed by atoms with Crippen LogP contribution in [0.1, 0.15) is 45.7 Å². The zero-order valence-electron chi connectivity index (χ0n) is 19.1. The first kappa shape index (κ1) is 21.1. The van der Waals surface area contributed by atoms with E-state index in [2.05, 4.69) is 72.8 Å². The molecule has 3 heterocycles. The minimum atomic E-state index is 0.391. The molecule has 3 aliphatic rings. The fraction of sp³-hybridized carbons (Fsp3) is 0.400. The minimum absolute atomic E-state index is 0.391. The highest BCUT2D eigenvalue weighted by atomic mass is 16.6. The average Bonchev–Trinajstić information content (AvgIpc) is 3.67. The molecule has 0 spiro atoms. The highest BCUT2D eigenvalue weighted by Crippen LogP contribution is 2.31. The molecule has 3 aromatic rings. The molecule has 3 unspecified atom stereocenters.